The van der Waals surface area contributed by atoms with Crippen molar-refractivity contribution in [1.29, 1.82) is 0 Å². The van der Waals surface area contributed by atoms with Crippen LogP contribution in [-0.2, 0) is 10.1 Å². The van der Waals surface area contributed by atoms with Crippen molar-refractivity contribution in [2.24, 2.45) is 0 Å². The van der Waals surface area contributed by atoms with Crippen molar-refractivity contribution < 1.29 is 25.8 Å². The molecule has 0 bridgehead atoms. The van der Waals surface area contributed by atoms with Crippen molar-refractivity contribution >= 4 is 20.9 Å². The van der Waals surface area contributed by atoms with Crippen molar-refractivity contribution in [1.82, 2.24) is 9.97 Å². The molecule has 3 aromatic rings. The van der Waals surface area contributed by atoms with Gasteiger partial charge in [0.25, 0.3) is 0 Å². The molecule has 0 amide bonds. The van der Waals surface area contributed by atoms with E-state index in [1.165, 1.54) is 18.3 Å². The molecule has 9 heteroatoms. The molecule has 0 spiro atoms. The zero-order valence-corrected chi connectivity index (χ0v) is 14.5. The summed E-state index contributed by atoms with van der Waals surface area (Å²) in [4.78, 5) is 8.49. The molecule has 1 heterocycles. The van der Waals surface area contributed by atoms with Gasteiger partial charge >= 0.3 is 15.6 Å². The fourth-order valence-electron chi connectivity index (χ4n) is 2.50. The van der Waals surface area contributed by atoms with Crippen LogP contribution in [0, 0.1) is 13.8 Å². The Balaban J connectivity index is 2.33. The molecule has 136 valence electrons. The van der Waals surface area contributed by atoms with Gasteiger partial charge in [0.2, 0.25) is 0 Å². The van der Waals surface area contributed by atoms with Crippen LogP contribution in [0.3, 0.4) is 0 Å². The Bertz CT molecular complexity index is 1100. The third kappa shape index (κ3) is 3.22. The Morgan fingerprint density at radius 3 is 2.42 bits per heavy atom. The molecule has 0 atom stereocenters. The summed E-state index contributed by atoms with van der Waals surface area (Å²) in [6, 6.07) is 9.52. The maximum Gasteiger partial charge on any atom is 0.534 e. The average Bonchev–Trinajstić information content (AvgIpc) is 2.56. The van der Waals surface area contributed by atoms with E-state index >= 15 is 0 Å². The SMILES string of the molecule is Cc1cnc(C)c(-c2c(OS(=O)(=O)C(F)(F)F)ccc3ccccc23)n1. The van der Waals surface area contributed by atoms with Gasteiger partial charge in [0, 0.05) is 6.20 Å². The smallest absolute Gasteiger partial charge is 0.375 e. The number of rotatable bonds is 3. The van der Waals surface area contributed by atoms with E-state index in [2.05, 4.69) is 14.2 Å². The molecule has 26 heavy (non-hydrogen) atoms. The summed E-state index contributed by atoms with van der Waals surface area (Å²) in [5, 5.41) is 1.20. The predicted octanol–water partition coefficient (Wildman–Crippen LogP) is 4.14. The van der Waals surface area contributed by atoms with Gasteiger partial charge in [-0.1, -0.05) is 30.3 Å². The Morgan fingerprint density at radius 2 is 1.73 bits per heavy atom. The molecule has 1 aromatic heterocycles. The normalized spacial score (nSPS) is 12.3. The molecular formula is C17H13F3N2O3S. The summed E-state index contributed by atoms with van der Waals surface area (Å²) < 4.78 is 65.8. The van der Waals surface area contributed by atoms with Crippen molar-refractivity contribution in [2.45, 2.75) is 19.4 Å². The molecule has 0 unspecified atom stereocenters. The number of benzene rings is 2. The summed E-state index contributed by atoms with van der Waals surface area (Å²) in [5.41, 5.74) is -4.17. The van der Waals surface area contributed by atoms with Crippen LogP contribution >= 0.6 is 0 Å². The van der Waals surface area contributed by atoms with Gasteiger partial charge in [0.1, 0.15) is 0 Å². The molecule has 0 fully saturated rings. The van der Waals surface area contributed by atoms with E-state index < -0.39 is 21.4 Å². The molecule has 5 nitrogen and oxygen atoms in total. The molecule has 0 aliphatic carbocycles. The number of nitrogens with zero attached hydrogens (tertiary/aromatic N) is 2. The molecule has 2 aromatic carbocycles. The lowest BCUT2D eigenvalue weighted by Crippen LogP contribution is -2.28. The first-order chi connectivity index (χ1) is 12.1. The van der Waals surface area contributed by atoms with E-state index in [0.29, 0.717) is 22.2 Å². The van der Waals surface area contributed by atoms with Crippen LogP contribution in [-0.4, -0.2) is 23.9 Å². The second kappa shape index (κ2) is 6.24. The number of fused-ring (bicyclic) bond motifs is 1. The van der Waals surface area contributed by atoms with E-state index in [-0.39, 0.29) is 11.3 Å². The highest BCUT2D eigenvalue weighted by Gasteiger charge is 2.49. The summed E-state index contributed by atoms with van der Waals surface area (Å²) in [7, 11) is -5.82. The fourth-order valence-corrected chi connectivity index (χ4v) is 2.97. The van der Waals surface area contributed by atoms with Gasteiger partial charge in [0.15, 0.2) is 5.75 Å². The molecular weight excluding hydrogens is 369 g/mol. The van der Waals surface area contributed by atoms with Crippen molar-refractivity contribution in [2.75, 3.05) is 0 Å². The Morgan fingerprint density at radius 1 is 1.04 bits per heavy atom. The first-order valence-electron chi connectivity index (χ1n) is 7.43. The standard InChI is InChI=1S/C17H13F3N2O3S/c1-10-9-21-11(2)16(22-10)15-13-6-4-3-5-12(13)7-8-14(15)25-26(23,24)17(18,19)20/h3-9H,1-2H3. The Labute approximate surface area is 147 Å². The number of aromatic nitrogens is 2. The second-order valence-electron chi connectivity index (χ2n) is 5.59. The molecule has 0 N–H and O–H groups in total. The number of hydrogen-bond donors (Lipinski definition) is 0. The van der Waals surface area contributed by atoms with Crippen LogP contribution in [0.5, 0.6) is 5.75 Å². The topological polar surface area (TPSA) is 69.2 Å². The molecule has 3 rings (SSSR count). The maximum atomic E-state index is 12.8. The summed E-state index contributed by atoms with van der Waals surface area (Å²) in [6.45, 7) is 3.31. The quantitative estimate of drug-likeness (QED) is 0.503. The third-order valence-electron chi connectivity index (χ3n) is 3.69. The van der Waals surface area contributed by atoms with E-state index in [1.807, 2.05) is 0 Å². The molecule has 0 aliphatic rings. The lowest BCUT2D eigenvalue weighted by atomic mass is 9.99. The Hall–Kier alpha value is -2.68. The van der Waals surface area contributed by atoms with Crippen LogP contribution in [0.2, 0.25) is 0 Å². The van der Waals surface area contributed by atoms with Crippen LogP contribution in [0.25, 0.3) is 22.0 Å². The van der Waals surface area contributed by atoms with Gasteiger partial charge < -0.3 is 4.18 Å². The summed E-state index contributed by atoms with van der Waals surface area (Å²) >= 11 is 0. The number of hydrogen-bond acceptors (Lipinski definition) is 5. The monoisotopic (exact) mass is 382 g/mol. The second-order valence-corrected chi connectivity index (χ2v) is 7.13. The number of aryl methyl sites for hydroxylation is 2. The van der Waals surface area contributed by atoms with E-state index in [4.69, 9.17) is 0 Å². The van der Waals surface area contributed by atoms with Gasteiger partial charge in [-0.3, -0.25) is 4.98 Å². The van der Waals surface area contributed by atoms with Crippen molar-refractivity contribution in [3.05, 3.63) is 54.0 Å². The van der Waals surface area contributed by atoms with Crippen LogP contribution in [0.4, 0.5) is 13.2 Å². The highest BCUT2D eigenvalue weighted by Crippen LogP contribution is 2.39. The van der Waals surface area contributed by atoms with Crippen molar-refractivity contribution in [3.63, 3.8) is 0 Å². The van der Waals surface area contributed by atoms with Gasteiger partial charge in [-0.05, 0) is 30.7 Å². The van der Waals surface area contributed by atoms with E-state index in [0.717, 1.165) is 0 Å². The fraction of sp³-hybridized carbons (Fsp3) is 0.176. The van der Waals surface area contributed by atoms with E-state index in [1.54, 1.807) is 38.1 Å². The highest BCUT2D eigenvalue weighted by atomic mass is 32.2. The van der Waals surface area contributed by atoms with Crippen LogP contribution in [0.15, 0.2) is 42.6 Å². The van der Waals surface area contributed by atoms with Gasteiger partial charge in [-0.2, -0.15) is 21.6 Å². The number of alkyl halides is 3. The highest BCUT2D eigenvalue weighted by molar-refractivity contribution is 7.88. The zero-order chi connectivity index (χ0) is 19.1. The Kier molecular flexibility index (Phi) is 4.35. The minimum absolute atomic E-state index is 0.143. The van der Waals surface area contributed by atoms with Crippen LogP contribution < -0.4 is 4.18 Å². The zero-order valence-electron chi connectivity index (χ0n) is 13.7. The largest absolute Gasteiger partial charge is 0.534 e. The molecule has 0 radical (unpaired) electrons. The number of halogens is 3. The van der Waals surface area contributed by atoms with Gasteiger partial charge in [0.05, 0.1) is 22.6 Å². The molecule has 0 aliphatic heterocycles. The van der Waals surface area contributed by atoms with Gasteiger partial charge in [-0.15, -0.1) is 0 Å². The third-order valence-corrected chi connectivity index (χ3v) is 4.65. The van der Waals surface area contributed by atoms with Gasteiger partial charge in [-0.25, -0.2) is 4.98 Å². The minimum Gasteiger partial charge on any atom is -0.375 e. The maximum absolute atomic E-state index is 12.8. The van der Waals surface area contributed by atoms with Crippen LogP contribution in [0.1, 0.15) is 11.4 Å². The predicted molar refractivity (Wildman–Crippen MR) is 90.1 cm³/mol. The first kappa shape index (κ1) is 18.1. The molecule has 0 saturated carbocycles. The first-order valence-corrected chi connectivity index (χ1v) is 8.84. The van der Waals surface area contributed by atoms with Crippen molar-refractivity contribution in [3.8, 4) is 17.0 Å². The summed E-state index contributed by atoms with van der Waals surface area (Å²) in [6.07, 6.45) is 1.51. The minimum atomic E-state index is -5.82. The molecule has 0 saturated heterocycles. The lowest BCUT2D eigenvalue weighted by molar-refractivity contribution is -0.0499. The average molecular weight is 382 g/mol. The summed E-state index contributed by atoms with van der Waals surface area (Å²) in [5.74, 6) is -0.455. The lowest BCUT2D eigenvalue weighted by Gasteiger charge is -2.16. The van der Waals surface area contributed by atoms with E-state index in [9.17, 15) is 21.6 Å².